The van der Waals surface area contributed by atoms with E-state index < -0.39 is 0 Å². The molecular formula is C15H25N3. The molecule has 1 atom stereocenters. The van der Waals surface area contributed by atoms with E-state index in [1.165, 1.54) is 44.9 Å². The number of aromatic nitrogens is 2. The second-order valence-corrected chi connectivity index (χ2v) is 6.17. The predicted octanol–water partition coefficient (Wildman–Crippen LogP) is 3.91. The van der Waals surface area contributed by atoms with Gasteiger partial charge in [-0.1, -0.05) is 19.3 Å². The van der Waals surface area contributed by atoms with Gasteiger partial charge >= 0.3 is 0 Å². The van der Waals surface area contributed by atoms with Gasteiger partial charge in [-0.15, -0.1) is 0 Å². The Morgan fingerprint density at radius 1 is 1.22 bits per heavy atom. The molecule has 3 heteroatoms. The Morgan fingerprint density at radius 3 is 2.61 bits per heavy atom. The summed E-state index contributed by atoms with van der Waals surface area (Å²) in [7, 11) is 0. The predicted molar refractivity (Wildman–Crippen MR) is 74.9 cm³/mol. The second-order valence-electron chi connectivity index (χ2n) is 6.17. The van der Waals surface area contributed by atoms with E-state index in [2.05, 4.69) is 34.9 Å². The van der Waals surface area contributed by atoms with E-state index in [-0.39, 0.29) is 0 Å². The number of nitrogens with zero attached hydrogens (tertiary/aromatic N) is 2. The Balaban J connectivity index is 1.76. The van der Waals surface area contributed by atoms with Crippen molar-refractivity contribution in [3.8, 4) is 0 Å². The molecule has 100 valence electrons. The highest BCUT2D eigenvalue weighted by molar-refractivity contribution is 5.32. The molecule has 2 aliphatic carbocycles. The normalized spacial score (nSPS) is 23.0. The molecule has 1 aromatic rings. The fraction of sp³-hybridized carbons (Fsp3) is 0.800. The van der Waals surface area contributed by atoms with Crippen LogP contribution in [-0.2, 0) is 0 Å². The van der Waals surface area contributed by atoms with Crippen molar-refractivity contribution < 1.29 is 0 Å². The first kappa shape index (κ1) is 12.1. The van der Waals surface area contributed by atoms with Crippen LogP contribution in [0.5, 0.6) is 0 Å². The molecule has 1 unspecified atom stereocenters. The van der Waals surface area contributed by atoms with Crippen LogP contribution in [0.25, 0.3) is 0 Å². The molecule has 0 aliphatic heterocycles. The van der Waals surface area contributed by atoms with Crippen molar-refractivity contribution in [2.24, 2.45) is 5.92 Å². The van der Waals surface area contributed by atoms with Gasteiger partial charge in [0.1, 0.15) is 0 Å². The molecule has 0 amide bonds. The van der Waals surface area contributed by atoms with Gasteiger partial charge in [0.25, 0.3) is 0 Å². The number of imidazole rings is 1. The maximum Gasteiger partial charge on any atom is 0.203 e. The van der Waals surface area contributed by atoms with Crippen molar-refractivity contribution in [2.75, 3.05) is 5.32 Å². The Bertz CT molecular complexity index is 400. The monoisotopic (exact) mass is 247 g/mol. The van der Waals surface area contributed by atoms with Crippen LogP contribution in [0.4, 0.5) is 5.95 Å². The maximum atomic E-state index is 4.66. The quantitative estimate of drug-likeness (QED) is 0.874. The van der Waals surface area contributed by atoms with E-state index in [9.17, 15) is 0 Å². The largest absolute Gasteiger partial charge is 0.353 e. The molecule has 2 saturated carbocycles. The van der Waals surface area contributed by atoms with Crippen LogP contribution in [0.2, 0.25) is 0 Å². The number of hydrogen-bond donors (Lipinski definition) is 1. The van der Waals surface area contributed by atoms with E-state index in [0.29, 0.717) is 12.1 Å². The Labute approximate surface area is 110 Å². The molecular weight excluding hydrogens is 222 g/mol. The third kappa shape index (κ3) is 2.55. The summed E-state index contributed by atoms with van der Waals surface area (Å²) >= 11 is 0. The van der Waals surface area contributed by atoms with Crippen LogP contribution in [0.3, 0.4) is 0 Å². The van der Waals surface area contributed by atoms with E-state index >= 15 is 0 Å². The lowest BCUT2D eigenvalue weighted by Gasteiger charge is -2.29. The highest BCUT2D eigenvalue weighted by atomic mass is 15.2. The molecule has 0 saturated heterocycles. The summed E-state index contributed by atoms with van der Waals surface area (Å²) in [6.07, 6.45) is 11.9. The Hall–Kier alpha value is -0.990. The molecule has 0 spiro atoms. The molecule has 3 nitrogen and oxygen atoms in total. The van der Waals surface area contributed by atoms with Gasteiger partial charge < -0.3 is 9.88 Å². The first-order valence-electron chi connectivity index (χ1n) is 7.56. The standard InChI is InChI=1S/C15H25N3/c1-11-10-18(15(16-11)17-14-8-9-14)12(2)13-6-4-3-5-7-13/h10,12-14H,3-9H2,1-2H3,(H,16,17). The molecule has 18 heavy (non-hydrogen) atoms. The van der Waals surface area contributed by atoms with Crippen LogP contribution in [0, 0.1) is 12.8 Å². The van der Waals surface area contributed by atoms with E-state index in [1.807, 2.05) is 0 Å². The van der Waals surface area contributed by atoms with Crippen molar-refractivity contribution >= 4 is 5.95 Å². The van der Waals surface area contributed by atoms with Gasteiger partial charge in [-0.3, -0.25) is 0 Å². The molecule has 0 radical (unpaired) electrons. The lowest BCUT2D eigenvalue weighted by atomic mass is 9.84. The van der Waals surface area contributed by atoms with Crippen LogP contribution in [0.15, 0.2) is 6.20 Å². The smallest absolute Gasteiger partial charge is 0.203 e. The fourth-order valence-electron chi connectivity index (χ4n) is 3.19. The summed E-state index contributed by atoms with van der Waals surface area (Å²) in [5, 5.41) is 3.58. The van der Waals surface area contributed by atoms with Crippen molar-refractivity contribution in [2.45, 2.75) is 70.9 Å². The average molecular weight is 247 g/mol. The van der Waals surface area contributed by atoms with Crippen LogP contribution >= 0.6 is 0 Å². The number of anilines is 1. The number of rotatable bonds is 4. The van der Waals surface area contributed by atoms with Gasteiger partial charge in [-0.25, -0.2) is 4.98 Å². The molecule has 2 aliphatic rings. The number of nitrogens with one attached hydrogen (secondary N) is 1. The van der Waals surface area contributed by atoms with Gasteiger partial charge in [0.2, 0.25) is 5.95 Å². The third-order valence-electron chi connectivity index (χ3n) is 4.53. The van der Waals surface area contributed by atoms with Gasteiger partial charge in [0, 0.05) is 18.3 Å². The fourth-order valence-corrected chi connectivity index (χ4v) is 3.19. The van der Waals surface area contributed by atoms with Crippen LogP contribution in [0.1, 0.15) is 63.6 Å². The first-order valence-corrected chi connectivity index (χ1v) is 7.56. The van der Waals surface area contributed by atoms with E-state index in [4.69, 9.17) is 0 Å². The molecule has 0 bridgehead atoms. The zero-order chi connectivity index (χ0) is 12.5. The minimum absolute atomic E-state index is 0.591. The van der Waals surface area contributed by atoms with Crippen molar-refractivity contribution in [1.29, 1.82) is 0 Å². The summed E-state index contributed by atoms with van der Waals surface area (Å²) in [5.74, 6) is 1.94. The van der Waals surface area contributed by atoms with Gasteiger partial charge in [-0.05, 0) is 45.4 Å². The minimum Gasteiger partial charge on any atom is -0.353 e. The maximum absolute atomic E-state index is 4.66. The number of aryl methyl sites for hydroxylation is 1. The minimum atomic E-state index is 0.591. The Morgan fingerprint density at radius 2 is 1.94 bits per heavy atom. The molecule has 2 fully saturated rings. The number of hydrogen-bond acceptors (Lipinski definition) is 2. The third-order valence-corrected chi connectivity index (χ3v) is 4.53. The molecule has 1 aromatic heterocycles. The molecule has 1 N–H and O–H groups in total. The zero-order valence-corrected chi connectivity index (χ0v) is 11.7. The summed E-state index contributed by atoms with van der Waals surface area (Å²) in [5.41, 5.74) is 1.14. The summed E-state index contributed by atoms with van der Waals surface area (Å²) in [6.45, 7) is 4.47. The van der Waals surface area contributed by atoms with E-state index in [0.717, 1.165) is 17.6 Å². The first-order chi connectivity index (χ1) is 8.74. The lowest BCUT2D eigenvalue weighted by Crippen LogP contribution is -2.21. The highest BCUT2D eigenvalue weighted by Crippen LogP contribution is 2.35. The van der Waals surface area contributed by atoms with Crippen molar-refractivity contribution in [1.82, 2.24) is 9.55 Å². The second kappa shape index (κ2) is 4.94. The summed E-state index contributed by atoms with van der Waals surface area (Å²) < 4.78 is 2.39. The summed E-state index contributed by atoms with van der Waals surface area (Å²) in [4.78, 5) is 4.66. The topological polar surface area (TPSA) is 29.9 Å². The average Bonchev–Trinajstić information content (AvgIpc) is 3.12. The molecule has 1 heterocycles. The highest BCUT2D eigenvalue weighted by Gasteiger charge is 2.27. The Kier molecular flexibility index (Phi) is 3.31. The lowest BCUT2D eigenvalue weighted by molar-refractivity contribution is 0.265. The van der Waals surface area contributed by atoms with E-state index in [1.54, 1.807) is 0 Å². The zero-order valence-electron chi connectivity index (χ0n) is 11.7. The van der Waals surface area contributed by atoms with Crippen LogP contribution in [-0.4, -0.2) is 15.6 Å². The summed E-state index contributed by atoms with van der Waals surface area (Å²) in [6, 6.07) is 1.27. The SMILES string of the molecule is Cc1cn(C(C)C2CCCCC2)c(NC2CC2)n1. The van der Waals surface area contributed by atoms with Crippen LogP contribution < -0.4 is 5.32 Å². The molecule has 0 aromatic carbocycles. The van der Waals surface area contributed by atoms with Gasteiger partial charge in [-0.2, -0.15) is 0 Å². The van der Waals surface area contributed by atoms with Crippen molar-refractivity contribution in [3.63, 3.8) is 0 Å². The van der Waals surface area contributed by atoms with Crippen molar-refractivity contribution in [3.05, 3.63) is 11.9 Å². The van der Waals surface area contributed by atoms with Gasteiger partial charge in [0.15, 0.2) is 0 Å². The molecule has 3 rings (SSSR count). The van der Waals surface area contributed by atoms with Gasteiger partial charge in [0.05, 0.1) is 5.69 Å².